The molecule has 1 aliphatic rings. The Balaban J connectivity index is 1.98. The fourth-order valence-corrected chi connectivity index (χ4v) is 3.21. The average Bonchev–Trinajstić information content (AvgIpc) is 3.21. The summed E-state index contributed by atoms with van der Waals surface area (Å²) in [5.41, 5.74) is 3.25. The predicted molar refractivity (Wildman–Crippen MR) is 96.3 cm³/mol. The highest BCUT2D eigenvalue weighted by atomic mass is 16.5. The van der Waals surface area contributed by atoms with Crippen LogP contribution in [0.25, 0.3) is 22.7 Å². The van der Waals surface area contributed by atoms with E-state index in [0.29, 0.717) is 16.6 Å². The summed E-state index contributed by atoms with van der Waals surface area (Å²) in [7, 11) is 0. The van der Waals surface area contributed by atoms with Crippen molar-refractivity contribution in [3.05, 3.63) is 57.3 Å². The normalized spacial score (nSPS) is 18.7. The molecule has 26 heavy (non-hydrogen) atoms. The second-order valence-electron chi connectivity index (χ2n) is 6.39. The number of hydrogen-bond acceptors (Lipinski definition) is 6. The smallest absolute Gasteiger partial charge is 0.287 e. The second kappa shape index (κ2) is 5.94. The zero-order chi connectivity index (χ0) is 18.4. The van der Waals surface area contributed by atoms with Gasteiger partial charge in [-0.05, 0) is 26.3 Å². The molecule has 2 aromatic heterocycles. The van der Waals surface area contributed by atoms with Gasteiger partial charge in [-0.3, -0.25) is 9.59 Å². The minimum atomic E-state index is -0.446. The molecule has 1 aliphatic heterocycles. The Kier molecular flexibility index (Phi) is 3.72. The summed E-state index contributed by atoms with van der Waals surface area (Å²) in [6, 6.07) is 9.29. The number of rotatable bonds is 2. The number of carbonyl (C=O) groups is 1. The third-order valence-electron chi connectivity index (χ3n) is 4.56. The van der Waals surface area contributed by atoms with E-state index >= 15 is 0 Å². The number of ether oxygens (including phenoxy) is 1. The first-order valence-electron chi connectivity index (χ1n) is 8.37. The molecule has 1 fully saturated rings. The van der Waals surface area contributed by atoms with Gasteiger partial charge in [0, 0.05) is 5.56 Å². The summed E-state index contributed by atoms with van der Waals surface area (Å²) in [6.45, 7) is 5.30. The Hall–Kier alpha value is -3.22. The highest BCUT2D eigenvalue weighted by Gasteiger charge is 2.26. The number of aryl methyl sites for hydroxylation is 2. The van der Waals surface area contributed by atoms with Crippen molar-refractivity contribution in [2.75, 3.05) is 6.61 Å². The maximum Gasteiger partial charge on any atom is 0.287 e. The lowest BCUT2D eigenvalue weighted by Crippen LogP contribution is -2.40. The molecular weight excluding hydrogens is 332 g/mol. The molecule has 0 amide bonds. The lowest BCUT2D eigenvalue weighted by Gasteiger charge is -2.04. The van der Waals surface area contributed by atoms with E-state index < -0.39 is 6.04 Å². The van der Waals surface area contributed by atoms with Crippen LogP contribution in [0.3, 0.4) is 0 Å². The zero-order valence-electron chi connectivity index (χ0n) is 14.7. The molecule has 3 aromatic rings. The first kappa shape index (κ1) is 16.3. The van der Waals surface area contributed by atoms with Crippen molar-refractivity contribution in [1.82, 2.24) is 19.9 Å². The maximum absolute atomic E-state index is 13.0. The maximum atomic E-state index is 13.0. The Bertz CT molecular complexity index is 1140. The monoisotopic (exact) mass is 350 g/mol. The summed E-state index contributed by atoms with van der Waals surface area (Å²) in [6.07, 6.45) is 0. The number of ketones is 1. The highest BCUT2D eigenvalue weighted by Crippen LogP contribution is 2.25. The van der Waals surface area contributed by atoms with Gasteiger partial charge in [0.05, 0.1) is 11.4 Å². The van der Waals surface area contributed by atoms with Crippen LogP contribution in [0.1, 0.15) is 18.3 Å². The van der Waals surface area contributed by atoms with Crippen LogP contribution in [0.4, 0.5) is 0 Å². The third kappa shape index (κ3) is 2.44. The van der Waals surface area contributed by atoms with Gasteiger partial charge < -0.3 is 10.1 Å². The number of nitrogens with zero attached hydrogens (tertiary/aromatic N) is 3. The number of benzene rings is 1. The number of carbonyl (C=O) groups excluding carboxylic acids is 1. The SMILES string of the molecule is CC(=O)[C@@H]1COC(=c2c(C)nc3c(-c4ccccc4)c(C)nn3c2=O)N1. The Morgan fingerprint density at radius 1 is 1.23 bits per heavy atom. The molecule has 0 unspecified atom stereocenters. The summed E-state index contributed by atoms with van der Waals surface area (Å²) < 4.78 is 6.85. The van der Waals surface area contributed by atoms with Crippen LogP contribution < -0.4 is 16.1 Å². The van der Waals surface area contributed by atoms with Crippen LogP contribution in [0.2, 0.25) is 0 Å². The van der Waals surface area contributed by atoms with Crippen LogP contribution in [0, 0.1) is 13.8 Å². The topological polar surface area (TPSA) is 85.6 Å². The fraction of sp³-hybridized carbons (Fsp3) is 0.263. The summed E-state index contributed by atoms with van der Waals surface area (Å²) in [4.78, 5) is 29.2. The van der Waals surface area contributed by atoms with Crippen molar-refractivity contribution >= 4 is 17.3 Å². The standard InChI is InChI=1S/C19H18N4O3/c1-10-16(18-21-14(9-26-18)12(3)24)19(25)23-17(20-10)15(11(2)22-23)13-7-5-4-6-8-13/h4-8,14,21H,9H2,1-3H3/t14-/m0/s1. The van der Waals surface area contributed by atoms with Crippen molar-refractivity contribution in [2.24, 2.45) is 0 Å². The van der Waals surface area contributed by atoms with Crippen LogP contribution in [-0.2, 0) is 9.53 Å². The van der Waals surface area contributed by atoms with Gasteiger partial charge in [0.2, 0.25) is 5.88 Å². The molecule has 0 saturated carbocycles. The first-order chi connectivity index (χ1) is 12.5. The molecule has 1 aromatic carbocycles. The fourth-order valence-electron chi connectivity index (χ4n) is 3.21. The van der Waals surface area contributed by atoms with Crippen LogP contribution >= 0.6 is 0 Å². The molecule has 4 rings (SSSR count). The van der Waals surface area contributed by atoms with Gasteiger partial charge in [0.15, 0.2) is 11.4 Å². The minimum absolute atomic E-state index is 0.0413. The zero-order valence-corrected chi connectivity index (χ0v) is 14.7. The number of Topliss-reactive ketones (excluding diaryl/α,β-unsaturated/α-hetero) is 1. The van der Waals surface area contributed by atoms with Crippen LogP contribution in [0.15, 0.2) is 35.1 Å². The predicted octanol–water partition coefficient (Wildman–Crippen LogP) is 0.735. The van der Waals surface area contributed by atoms with Crippen molar-refractivity contribution < 1.29 is 9.53 Å². The summed E-state index contributed by atoms with van der Waals surface area (Å²) >= 11 is 0. The number of hydrogen-bond donors (Lipinski definition) is 1. The van der Waals surface area contributed by atoms with E-state index in [1.807, 2.05) is 37.3 Å². The molecule has 1 saturated heterocycles. The van der Waals surface area contributed by atoms with Gasteiger partial charge in [-0.25, -0.2) is 4.98 Å². The second-order valence-corrected chi connectivity index (χ2v) is 6.39. The van der Waals surface area contributed by atoms with Crippen LogP contribution in [0.5, 0.6) is 0 Å². The largest absolute Gasteiger partial charge is 0.476 e. The molecule has 7 nitrogen and oxygen atoms in total. The molecule has 0 spiro atoms. The lowest BCUT2D eigenvalue weighted by molar-refractivity contribution is -0.118. The Morgan fingerprint density at radius 2 is 1.96 bits per heavy atom. The molecule has 0 aliphatic carbocycles. The summed E-state index contributed by atoms with van der Waals surface area (Å²) in [5, 5.41) is 7.67. The van der Waals surface area contributed by atoms with E-state index in [4.69, 9.17) is 4.74 Å². The van der Waals surface area contributed by atoms with E-state index in [9.17, 15) is 9.59 Å². The van der Waals surface area contributed by atoms with E-state index in [1.165, 1.54) is 11.4 Å². The molecule has 1 atom stereocenters. The molecule has 1 N–H and O–H groups in total. The molecule has 3 heterocycles. The summed E-state index contributed by atoms with van der Waals surface area (Å²) in [5.74, 6) is 0.247. The van der Waals surface area contributed by atoms with Crippen molar-refractivity contribution in [2.45, 2.75) is 26.8 Å². The number of nitrogens with one attached hydrogen (secondary N) is 1. The van der Waals surface area contributed by atoms with Gasteiger partial charge in [-0.1, -0.05) is 30.3 Å². The van der Waals surface area contributed by atoms with Crippen molar-refractivity contribution in [1.29, 1.82) is 0 Å². The Labute approximate surface area is 149 Å². The average molecular weight is 350 g/mol. The highest BCUT2D eigenvalue weighted by molar-refractivity contribution is 5.83. The number of aromatic nitrogens is 3. The molecule has 7 heteroatoms. The minimum Gasteiger partial charge on any atom is -0.476 e. The van der Waals surface area contributed by atoms with Crippen LogP contribution in [-0.4, -0.2) is 33.0 Å². The van der Waals surface area contributed by atoms with Gasteiger partial charge in [-0.15, -0.1) is 0 Å². The quantitative estimate of drug-likeness (QED) is 0.734. The van der Waals surface area contributed by atoms with Gasteiger partial charge in [0.1, 0.15) is 17.9 Å². The van der Waals surface area contributed by atoms with Gasteiger partial charge in [0.25, 0.3) is 5.56 Å². The molecule has 132 valence electrons. The first-order valence-corrected chi connectivity index (χ1v) is 8.37. The molecule has 0 radical (unpaired) electrons. The third-order valence-corrected chi connectivity index (χ3v) is 4.56. The van der Waals surface area contributed by atoms with Crippen molar-refractivity contribution in [3.63, 3.8) is 0 Å². The molecular formula is C19H18N4O3. The van der Waals surface area contributed by atoms with Gasteiger partial charge in [-0.2, -0.15) is 9.61 Å². The van der Waals surface area contributed by atoms with Gasteiger partial charge >= 0.3 is 0 Å². The van der Waals surface area contributed by atoms with E-state index in [1.54, 1.807) is 6.92 Å². The lowest BCUT2D eigenvalue weighted by atomic mass is 10.1. The Morgan fingerprint density at radius 3 is 2.62 bits per heavy atom. The molecule has 0 bridgehead atoms. The van der Waals surface area contributed by atoms with E-state index in [0.717, 1.165) is 16.8 Å². The van der Waals surface area contributed by atoms with Crippen molar-refractivity contribution in [3.8, 4) is 11.1 Å². The van der Waals surface area contributed by atoms with E-state index in [2.05, 4.69) is 15.4 Å². The number of fused-ring (bicyclic) bond motifs is 1. The van der Waals surface area contributed by atoms with E-state index in [-0.39, 0.29) is 23.8 Å².